The summed E-state index contributed by atoms with van der Waals surface area (Å²) in [5.74, 6) is -0.279. The molecule has 0 radical (unpaired) electrons. The molecule has 2 heterocycles. The van der Waals surface area contributed by atoms with Crippen LogP contribution in [-0.2, 0) is 4.74 Å². The van der Waals surface area contributed by atoms with Crippen molar-refractivity contribution in [1.82, 2.24) is 4.98 Å². The highest BCUT2D eigenvalue weighted by Crippen LogP contribution is 2.29. The van der Waals surface area contributed by atoms with Crippen LogP contribution in [0.5, 0.6) is 0 Å². The summed E-state index contributed by atoms with van der Waals surface area (Å²) in [6.45, 7) is 4.02. The van der Waals surface area contributed by atoms with Gasteiger partial charge in [-0.1, -0.05) is 0 Å². The summed E-state index contributed by atoms with van der Waals surface area (Å²) in [7, 11) is 0. The summed E-state index contributed by atoms with van der Waals surface area (Å²) in [5.41, 5.74) is 1.80. The zero-order valence-electron chi connectivity index (χ0n) is 9.02. The largest absolute Gasteiger partial charge is 0.462 e. The summed E-state index contributed by atoms with van der Waals surface area (Å²) in [5, 5.41) is 4.89. The summed E-state index contributed by atoms with van der Waals surface area (Å²) in [6, 6.07) is 2.00. The molecule has 0 amide bonds. The Kier molecular flexibility index (Phi) is 3.36. The van der Waals surface area contributed by atoms with Crippen LogP contribution in [0.2, 0.25) is 0 Å². The molecule has 0 unspecified atom stereocenters. The average Bonchev–Trinajstić information content (AvgIpc) is 2.86. The summed E-state index contributed by atoms with van der Waals surface area (Å²) >= 11 is 3.00. The van der Waals surface area contributed by atoms with E-state index in [0.29, 0.717) is 11.5 Å². The Hall–Kier alpha value is -1.20. The number of hydrogen-bond acceptors (Lipinski definition) is 5. The van der Waals surface area contributed by atoms with Crippen LogP contribution in [-0.4, -0.2) is 17.6 Å². The molecule has 0 aromatic carbocycles. The number of esters is 1. The minimum Gasteiger partial charge on any atom is -0.462 e. The molecule has 0 aliphatic carbocycles. The monoisotopic (exact) mass is 253 g/mol. The third-order valence-corrected chi connectivity index (χ3v) is 3.90. The Morgan fingerprint density at radius 1 is 1.56 bits per heavy atom. The van der Waals surface area contributed by atoms with Crippen LogP contribution in [0.15, 0.2) is 16.8 Å². The standard InChI is InChI=1S/C11H11NO2S2/c1-3-14-11(13)9-7(2)12-10(16-9)8-4-5-15-6-8/h4-6H,3H2,1-2H3. The second-order valence-electron chi connectivity index (χ2n) is 3.17. The number of aromatic nitrogens is 1. The SMILES string of the molecule is CCOC(=O)c1sc(-c2ccsc2)nc1C. The molecule has 2 aromatic rings. The Balaban J connectivity index is 2.32. The molecule has 3 nitrogen and oxygen atoms in total. The molecule has 2 rings (SSSR count). The maximum atomic E-state index is 11.6. The lowest BCUT2D eigenvalue weighted by atomic mass is 10.3. The van der Waals surface area contributed by atoms with Crippen LogP contribution < -0.4 is 0 Å². The van der Waals surface area contributed by atoms with Crippen molar-refractivity contribution in [3.63, 3.8) is 0 Å². The highest BCUT2D eigenvalue weighted by atomic mass is 32.1. The van der Waals surface area contributed by atoms with Gasteiger partial charge in [0.05, 0.1) is 12.3 Å². The van der Waals surface area contributed by atoms with Gasteiger partial charge in [0.2, 0.25) is 0 Å². The number of carbonyl (C=O) groups is 1. The number of thiazole rings is 1. The van der Waals surface area contributed by atoms with Gasteiger partial charge in [0.15, 0.2) is 0 Å². The van der Waals surface area contributed by atoms with Gasteiger partial charge >= 0.3 is 5.97 Å². The maximum absolute atomic E-state index is 11.6. The molecule has 0 aliphatic rings. The maximum Gasteiger partial charge on any atom is 0.350 e. The first kappa shape index (κ1) is 11.3. The quantitative estimate of drug-likeness (QED) is 0.787. The molecule has 0 spiro atoms. The van der Waals surface area contributed by atoms with Crippen LogP contribution in [0.1, 0.15) is 22.3 Å². The second kappa shape index (κ2) is 4.76. The topological polar surface area (TPSA) is 39.2 Å². The Morgan fingerprint density at radius 2 is 2.38 bits per heavy atom. The van der Waals surface area contributed by atoms with Crippen molar-refractivity contribution >= 4 is 28.6 Å². The van der Waals surface area contributed by atoms with E-state index in [4.69, 9.17) is 4.74 Å². The molecule has 0 bridgehead atoms. The zero-order valence-corrected chi connectivity index (χ0v) is 10.7. The number of ether oxygens (including phenoxy) is 1. The zero-order chi connectivity index (χ0) is 11.5. The van der Waals surface area contributed by atoms with Crippen LogP contribution in [0, 0.1) is 6.92 Å². The minimum absolute atomic E-state index is 0.279. The third-order valence-electron chi connectivity index (χ3n) is 2.03. The molecule has 5 heteroatoms. The van der Waals surface area contributed by atoms with Crippen LogP contribution in [0.3, 0.4) is 0 Å². The highest BCUT2D eigenvalue weighted by Gasteiger charge is 2.16. The predicted octanol–water partition coefficient (Wildman–Crippen LogP) is 3.36. The Morgan fingerprint density at radius 3 is 3.00 bits per heavy atom. The highest BCUT2D eigenvalue weighted by molar-refractivity contribution is 7.17. The average molecular weight is 253 g/mol. The van der Waals surface area contributed by atoms with Crippen molar-refractivity contribution in [3.05, 3.63) is 27.4 Å². The van der Waals surface area contributed by atoms with Gasteiger partial charge in [-0.2, -0.15) is 11.3 Å². The van der Waals surface area contributed by atoms with Gasteiger partial charge in [0.25, 0.3) is 0 Å². The first-order valence-corrected chi connectivity index (χ1v) is 6.65. The van der Waals surface area contributed by atoms with Crippen LogP contribution in [0.4, 0.5) is 0 Å². The first-order valence-electron chi connectivity index (χ1n) is 4.89. The first-order chi connectivity index (χ1) is 7.72. The summed E-state index contributed by atoms with van der Waals surface area (Å²) in [4.78, 5) is 16.6. The smallest absolute Gasteiger partial charge is 0.350 e. The van der Waals surface area contributed by atoms with E-state index in [-0.39, 0.29) is 5.97 Å². The number of aryl methyl sites for hydroxylation is 1. The lowest BCUT2D eigenvalue weighted by molar-refractivity contribution is 0.0531. The van der Waals surface area contributed by atoms with Crippen LogP contribution in [0.25, 0.3) is 10.6 Å². The molecule has 0 saturated carbocycles. The van der Waals surface area contributed by atoms with Crippen molar-refractivity contribution in [2.24, 2.45) is 0 Å². The predicted molar refractivity (Wildman–Crippen MR) is 66.1 cm³/mol. The summed E-state index contributed by atoms with van der Waals surface area (Å²) in [6.07, 6.45) is 0. The normalized spacial score (nSPS) is 10.4. The molecule has 0 N–H and O–H groups in total. The number of nitrogens with zero attached hydrogens (tertiary/aromatic N) is 1. The fourth-order valence-electron chi connectivity index (χ4n) is 1.29. The minimum atomic E-state index is -0.279. The van der Waals surface area contributed by atoms with Crippen molar-refractivity contribution in [1.29, 1.82) is 0 Å². The summed E-state index contributed by atoms with van der Waals surface area (Å²) < 4.78 is 4.97. The molecular weight excluding hydrogens is 242 g/mol. The molecule has 0 atom stereocenters. The van der Waals surface area contributed by atoms with E-state index in [9.17, 15) is 4.79 Å². The van der Waals surface area contributed by atoms with E-state index in [1.165, 1.54) is 11.3 Å². The lowest BCUT2D eigenvalue weighted by Crippen LogP contribution is -2.03. The van der Waals surface area contributed by atoms with Gasteiger partial charge < -0.3 is 4.74 Å². The van der Waals surface area contributed by atoms with Gasteiger partial charge in [-0.15, -0.1) is 11.3 Å². The van der Waals surface area contributed by atoms with Gasteiger partial charge in [-0.05, 0) is 25.3 Å². The molecule has 0 aliphatic heterocycles. The molecule has 2 aromatic heterocycles. The lowest BCUT2D eigenvalue weighted by Gasteiger charge is -1.97. The van der Waals surface area contributed by atoms with Crippen molar-refractivity contribution < 1.29 is 9.53 Å². The fourth-order valence-corrected chi connectivity index (χ4v) is 2.96. The van der Waals surface area contributed by atoms with E-state index in [2.05, 4.69) is 4.98 Å². The van der Waals surface area contributed by atoms with E-state index < -0.39 is 0 Å². The van der Waals surface area contributed by atoms with E-state index in [1.54, 1.807) is 18.3 Å². The van der Waals surface area contributed by atoms with Gasteiger partial charge in [-0.25, -0.2) is 9.78 Å². The van der Waals surface area contributed by atoms with E-state index in [0.717, 1.165) is 16.3 Å². The van der Waals surface area contributed by atoms with E-state index >= 15 is 0 Å². The Labute approximate surface area is 102 Å². The molecule has 0 saturated heterocycles. The van der Waals surface area contributed by atoms with Crippen molar-refractivity contribution in [2.45, 2.75) is 13.8 Å². The van der Waals surface area contributed by atoms with Gasteiger partial charge in [-0.3, -0.25) is 0 Å². The molecule has 84 valence electrons. The van der Waals surface area contributed by atoms with Crippen LogP contribution >= 0.6 is 22.7 Å². The molecule has 16 heavy (non-hydrogen) atoms. The number of rotatable bonds is 3. The van der Waals surface area contributed by atoms with Gasteiger partial charge in [0, 0.05) is 10.9 Å². The second-order valence-corrected chi connectivity index (χ2v) is 4.95. The number of carbonyl (C=O) groups excluding carboxylic acids is 1. The fraction of sp³-hybridized carbons (Fsp3) is 0.273. The third kappa shape index (κ3) is 2.15. The van der Waals surface area contributed by atoms with E-state index in [1.807, 2.05) is 23.8 Å². The van der Waals surface area contributed by atoms with Gasteiger partial charge in [0.1, 0.15) is 9.88 Å². The Bertz CT molecular complexity index is 488. The number of thiophene rings is 1. The van der Waals surface area contributed by atoms with Crippen molar-refractivity contribution in [2.75, 3.05) is 6.61 Å². The molecule has 0 fully saturated rings. The molecular formula is C11H11NO2S2. The van der Waals surface area contributed by atoms with Crippen molar-refractivity contribution in [3.8, 4) is 10.6 Å². The number of hydrogen-bond donors (Lipinski definition) is 0.